The maximum absolute atomic E-state index is 15.8. The number of carbonyl (C=O) groups excluding carboxylic acids is 17. The van der Waals surface area contributed by atoms with Crippen LogP contribution in [0.1, 0.15) is 154 Å². The number of nitrogens with one attached hydrogen (secondary N) is 14. The predicted octanol–water partition coefficient (Wildman–Crippen LogP) is -1.58. The van der Waals surface area contributed by atoms with Crippen LogP contribution in [0.4, 0.5) is 0 Å². The van der Waals surface area contributed by atoms with Crippen molar-refractivity contribution in [3.8, 4) is 0 Å². The largest absolute Gasteiger partial charge is 0.394 e. The maximum atomic E-state index is 15.8. The Morgan fingerprint density at radius 2 is 1.04 bits per heavy atom. The van der Waals surface area contributed by atoms with Crippen molar-refractivity contribution in [3.05, 3.63) is 108 Å². The van der Waals surface area contributed by atoms with Gasteiger partial charge in [-0.1, -0.05) is 127 Å². The molecule has 13 atom stereocenters. The van der Waals surface area contributed by atoms with E-state index in [4.69, 9.17) is 28.3 Å². The van der Waals surface area contributed by atoms with Crippen molar-refractivity contribution in [2.75, 3.05) is 79.0 Å². The van der Waals surface area contributed by atoms with Gasteiger partial charge in [-0.2, -0.15) is 0 Å². The Kier molecular flexibility index (Phi) is 42.6. The Morgan fingerprint density at radius 1 is 0.515 bits per heavy atom. The highest BCUT2D eigenvalue weighted by atomic mass is 32.2. The number of nitrogens with two attached hydrogens (primary N) is 4. The van der Waals surface area contributed by atoms with Crippen molar-refractivity contribution >= 4 is 140 Å². The number of aromatic amines is 2. The molecule has 0 saturated carbocycles. The second-order valence-corrected chi connectivity index (χ2v) is 35.0. The van der Waals surface area contributed by atoms with E-state index in [1.807, 2.05) is 13.8 Å². The van der Waals surface area contributed by atoms with Crippen LogP contribution >= 0.6 is 11.8 Å². The van der Waals surface area contributed by atoms with E-state index in [2.05, 4.69) is 68.5 Å². The molecule has 42 heteroatoms. The maximum Gasteiger partial charge on any atom is 0.246 e. The number of thioether (sulfide) groups is 1. The number of aromatic nitrogens is 2. The molecule has 132 heavy (non-hydrogen) atoms. The van der Waals surface area contributed by atoms with Crippen molar-refractivity contribution < 1.29 is 86.6 Å². The monoisotopic (exact) mass is 1860 g/mol. The molecule has 2 saturated heterocycles. The van der Waals surface area contributed by atoms with Gasteiger partial charge < -0.3 is 121 Å². The standard InChI is InChI=1S/C90H133N23O18S/c1-10-12-15-35-72-89(131)111(8)70(34-13-11-2)83(125)102-62(33-24-38-96-90(94)95)80(122)108-69(78(120)99-47-74(93)116)50-132-51-76(118)101-65(41-54-26-16-14-17-27-54)86(128)110(7)53(5)77(119)104-67(44-73(92)115)88(130)113-39-25-36-71(113)84(126)103-61(32-22-23-37-91)79(121)105-64(40-52(3)4)85(127)109(6)48-75(117)100-63(42-55-45-97-59-30-20-18-28-57(55)59)81(123)107-68(49-114)82(124)106-66(87(129)112(72)9)43-56-46-98-60-31-21-19-29-58(56)60/h14,16-21,26-31,45-46,52-53,61-72,97-98,114H,10-13,15,22-25,32-44,47-51,91H2,1-9H3,(H2,92,115)(H2,93,116)(H,99,120)(H,100,117)(H,101,118)(H,102,125)(H,103,126)(H,104,119)(H,105,121)(H,106,124)(H,107,123)(H,108,122)(H4,94,95,96)/t53-,61-,62-,63-,64-,65-,66-,67-,68-,69-,70-,71-,72-/m0/s1. The average molecular weight is 1860 g/mol. The zero-order valence-electron chi connectivity index (χ0n) is 76.7. The van der Waals surface area contributed by atoms with Crippen LogP contribution in [0, 0.1) is 11.3 Å². The van der Waals surface area contributed by atoms with Gasteiger partial charge in [0, 0.05) is 100 Å². The smallest absolute Gasteiger partial charge is 0.246 e. The Hall–Kier alpha value is -12.7. The highest BCUT2D eigenvalue weighted by molar-refractivity contribution is 8.00. The number of amides is 17. The first-order chi connectivity index (χ1) is 62.9. The molecule has 2 aromatic heterocycles. The van der Waals surface area contributed by atoms with Crippen molar-refractivity contribution in [2.45, 2.75) is 235 Å². The van der Waals surface area contributed by atoms with Crippen LogP contribution in [0.2, 0.25) is 0 Å². The molecule has 0 aliphatic carbocycles. The lowest BCUT2D eigenvalue weighted by molar-refractivity contribution is -0.149. The van der Waals surface area contributed by atoms with Crippen LogP contribution in [0.15, 0.2) is 91.3 Å². The summed E-state index contributed by atoms with van der Waals surface area (Å²) in [4.78, 5) is 260. The highest BCUT2D eigenvalue weighted by Crippen LogP contribution is 2.26. The number of rotatable bonds is 29. The van der Waals surface area contributed by atoms with Gasteiger partial charge in [-0.25, -0.2) is 0 Å². The number of likely N-dealkylation sites (N-methyl/N-ethyl adjacent to an activating group) is 4. The van der Waals surface area contributed by atoms with Gasteiger partial charge in [0.1, 0.15) is 78.5 Å². The summed E-state index contributed by atoms with van der Waals surface area (Å²) in [5, 5.41) is 49.6. The molecule has 2 fully saturated rings. The van der Waals surface area contributed by atoms with E-state index in [0.717, 1.165) is 26.5 Å². The van der Waals surface area contributed by atoms with Crippen LogP contribution < -0.4 is 81.4 Å². The van der Waals surface area contributed by atoms with E-state index >= 15 is 24.0 Å². The second-order valence-electron chi connectivity index (χ2n) is 34.0. The molecule has 17 amide bonds. The summed E-state index contributed by atoms with van der Waals surface area (Å²) < 4.78 is 0. The highest BCUT2D eigenvalue weighted by Gasteiger charge is 2.44. The van der Waals surface area contributed by atoms with E-state index in [1.54, 1.807) is 105 Å². The number of carbonyl (C=O) groups is 17. The van der Waals surface area contributed by atoms with Gasteiger partial charge in [0.05, 0.1) is 31.9 Å². The Balaban J connectivity index is 1.31. The number of nitrogens with zero attached hydrogens (tertiary/aromatic N) is 5. The predicted molar refractivity (Wildman–Crippen MR) is 495 cm³/mol. The zero-order chi connectivity index (χ0) is 97.0. The van der Waals surface area contributed by atoms with Gasteiger partial charge in [-0.05, 0) is 112 Å². The molecular weight excluding hydrogens is 1720 g/mol. The van der Waals surface area contributed by atoms with Crippen LogP contribution in [-0.2, 0) is 101 Å². The summed E-state index contributed by atoms with van der Waals surface area (Å²) >= 11 is 0.799. The number of aliphatic hydroxyl groups excluding tert-OH is 1. The van der Waals surface area contributed by atoms with Crippen LogP contribution in [-0.4, -0.2) is 304 Å². The quantitative estimate of drug-likeness (QED) is 0.0146. The van der Waals surface area contributed by atoms with E-state index in [9.17, 15) is 62.6 Å². The first-order valence-electron chi connectivity index (χ1n) is 44.9. The summed E-state index contributed by atoms with van der Waals surface area (Å²) in [6, 6.07) is 3.24. The molecule has 0 radical (unpaired) electrons. The molecule has 0 unspecified atom stereocenters. The molecule has 2 aliphatic heterocycles. The van der Waals surface area contributed by atoms with Crippen LogP contribution in [0.3, 0.4) is 0 Å². The number of guanidine groups is 1. The van der Waals surface area contributed by atoms with Crippen molar-refractivity contribution in [2.24, 2.45) is 28.9 Å². The lowest BCUT2D eigenvalue weighted by Gasteiger charge is -2.36. The minimum Gasteiger partial charge on any atom is -0.394 e. The number of benzene rings is 3. The molecular formula is C90H133N23O18S. The summed E-state index contributed by atoms with van der Waals surface area (Å²) in [6.45, 7) is 6.28. The fourth-order valence-electron chi connectivity index (χ4n) is 15.9. The number of primary amides is 2. The fourth-order valence-corrected chi connectivity index (χ4v) is 16.8. The first kappa shape index (κ1) is 106. The minimum absolute atomic E-state index is 0.000209. The number of hydrogen-bond acceptors (Lipinski definition) is 21. The third-order valence-corrected chi connectivity index (χ3v) is 24.4. The summed E-state index contributed by atoms with van der Waals surface area (Å²) in [7, 11) is 5.29. The van der Waals surface area contributed by atoms with Gasteiger partial charge in [-0.3, -0.25) is 86.9 Å². The molecule has 4 heterocycles. The van der Waals surface area contributed by atoms with E-state index < -0.39 is 223 Å². The lowest BCUT2D eigenvalue weighted by atomic mass is 9.99. The Bertz CT molecular complexity index is 4840. The van der Waals surface area contributed by atoms with Gasteiger partial charge in [-0.15, -0.1) is 11.8 Å². The van der Waals surface area contributed by atoms with Gasteiger partial charge in [0.15, 0.2) is 5.96 Å². The van der Waals surface area contributed by atoms with Crippen molar-refractivity contribution in [1.82, 2.24) is 93.0 Å². The van der Waals surface area contributed by atoms with Crippen molar-refractivity contribution in [1.29, 1.82) is 5.41 Å². The van der Waals surface area contributed by atoms with Crippen molar-refractivity contribution in [3.63, 3.8) is 0 Å². The first-order valence-corrected chi connectivity index (χ1v) is 46.1. The zero-order valence-corrected chi connectivity index (χ0v) is 77.5. The molecule has 41 nitrogen and oxygen atoms in total. The van der Waals surface area contributed by atoms with E-state index in [0.29, 0.717) is 77.0 Å². The third-order valence-electron chi connectivity index (χ3n) is 23.4. The second kappa shape index (κ2) is 52.9. The average Bonchev–Trinajstić information content (AvgIpc) is 1.70. The van der Waals surface area contributed by atoms with E-state index in [1.165, 1.54) is 44.9 Å². The molecule has 0 spiro atoms. The number of fused-ring (bicyclic) bond motifs is 3. The molecule has 0 bridgehead atoms. The molecule has 23 N–H and O–H groups in total. The molecule has 2 aliphatic rings. The summed E-state index contributed by atoms with van der Waals surface area (Å²) in [5.74, 6) is -16.8. The normalized spacial score (nSPS) is 23.5. The number of hydrogen-bond donors (Lipinski definition) is 19. The third kappa shape index (κ3) is 31.8. The summed E-state index contributed by atoms with van der Waals surface area (Å²) in [6.07, 6.45) is 5.10. The summed E-state index contributed by atoms with van der Waals surface area (Å²) in [5.41, 5.74) is 25.6. The fraction of sp³-hybridized carbons (Fsp3) is 0.556. The Morgan fingerprint density at radius 3 is 1.64 bits per heavy atom. The lowest BCUT2D eigenvalue weighted by Crippen LogP contribution is -2.61. The molecule has 3 aromatic carbocycles. The number of unbranched alkanes of at least 4 members (excludes halogenated alkanes) is 4. The van der Waals surface area contributed by atoms with E-state index in [-0.39, 0.29) is 103 Å². The SMILES string of the molecule is CCCCC[C@H]1C(=O)N(C)[C@@H](CCCC)C(=O)N[C@@H](CCCNC(=N)N)C(=O)N[C@H](C(=O)NCC(N)=O)CSCC(=O)N[C@@H](Cc2ccccc2)C(=O)N(C)[C@@H](C)C(=O)N[C@@H](CC(N)=O)C(=O)N2CCC[C@H]2C(=O)N[C@@H](CCCCN)C(=O)N[C@@H](CC(C)C)C(=O)N(C)CC(=O)N[C@@H](Cc2c[nH]c3ccccc23)C(=O)N[C@@H](CO)C(=O)N[C@@H](Cc2c[nH]c3ccccc23)C(=O)N1C. The number of para-hydroxylation sites is 2. The van der Waals surface area contributed by atoms with Gasteiger partial charge >= 0.3 is 0 Å². The molecule has 7 rings (SSSR count). The number of aliphatic hydroxyl groups is 1. The van der Waals surface area contributed by atoms with Crippen LogP contribution in [0.25, 0.3) is 21.8 Å². The molecule has 5 aromatic rings. The molecule has 722 valence electrons. The minimum atomic E-state index is -1.84. The Labute approximate surface area is 772 Å². The number of H-pyrrole nitrogens is 2. The van der Waals surface area contributed by atoms with Gasteiger partial charge in [0.25, 0.3) is 0 Å². The van der Waals surface area contributed by atoms with Crippen LogP contribution in [0.5, 0.6) is 0 Å². The topological polar surface area (TPSA) is 618 Å². The van der Waals surface area contributed by atoms with Gasteiger partial charge in [0.2, 0.25) is 100 Å².